The van der Waals surface area contributed by atoms with E-state index in [0.29, 0.717) is 0 Å². The summed E-state index contributed by atoms with van der Waals surface area (Å²) in [5, 5.41) is 3.03. The summed E-state index contributed by atoms with van der Waals surface area (Å²) in [6.45, 7) is 10.5. The summed E-state index contributed by atoms with van der Waals surface area (Å²) in [5.41, 5.74) is 0.535. The van der Waals surface area contributed by atoms with Gasteiger partial charge >= 0.3 is 6.09 Å². The summed E-state index contributed by atoms with van der Waals surface area (Å²) >= 11 is 0. The van der Waals surface area contributed by atoms with Crippen LogP contribution in [0.1, 0.15) is 32.4 Å². The van der Waals surface area contributed by atoms with Gasteiger partial charge in [-0.1, -0.05) is 12.1 Å². The Labute approximate surface area is 151 Å². The molecule has 0 aliphatic carbocycles. The van der Waals surface area contributed by atoms with Crippen LogP contribution in [-0.2, 0) is 4.74 Å². The average Bonchev–Trinajstić information content (AvgIpc) is 2.54. The molecule has 25 heavy (non-hydrogen) atoms. The molecule has 0 saturated carbocycles. The number of hydrogen-bond donors (Lipinski definition) is 1. The zero-order valence-corrected chi connectivity index (χ0v) is 16.0. The Bertz CT molecular complexity index is 546. The van der Waals surface area contributed by atoms with Crippen LogP contribution in [0.2, 0.25) is 0 Å². The van der Waals surface area contributed by atoms with Gasteiger partial charge in [0.25, 0.3) is 0 Å². The van der Waals surface area contributed by atoms with Crippen LogP contribution in [0.25, 0.3) is 0 Å². The van der Waals surface area contributed by atoms with Crippen LogP contribution in [0.3, 0.4) is 0 Å². The van der Waals surface area contributed by atoms with Crippen molar-refractivity contribution >= 4 is 6.09 Å². The van der Waals surface area contributed by atoms with Crippen molar-refractivity contribution in [2.24, 2.45) is 0 Å². The minimum atomic E-state index is -0.512. The first kappa shape index (κ1) is 19.5. The number of hydrogen-bond acceptors (Lipinski definition) is 5. The molecule has 1 aromatic rings. The highest BCUT2D eigenvalue weighted by molar-refractivity contribution is 5.68. The molecule has 1 aromatic carbocycles. The van der Waals surface area contributed by atoms with E-state index in [1.165, 1.54) is 0 Å². The molecule has 6 nitrogen and oxygen atoms in total. The molecule has 1 amide bonds. The molecule has 2 rings (SSSR count). The summed E-state index contributed by atoms with van der Waals surface area (Å²) in [6.07, 6.45) is -0.387. The molecule has 1 atom stereocenters. The second-order valence-electron chi connectivity index (χ2n) is 7.58. The average molecular weight is 349 g/mol. The summed E-state index contributed by atoms with van der Waals surface area (Å²) in [5.74, 6) is 0.805. The SMILES string of the molecule is COc1ccc(C(CN2CCN(C)CC2)NC(=O)OC(C)(C)C)cc1. The van der Waals surface area contributed by atoms with E-state index in [1.54, 1.807) is 7.11 Å². The van der Waals surface area contributed by atoms with E-state index in [0.717, 1.165) is 44.0 Å². The van der Waals surface area contributed by atoms with Gasteiger partial charge in [-0.15, -0.1) is 0 Å². The van der Waals surface area contributed by atoms with Crippen LogP contribution in [-0.4, -0.2) is 68.4 Å². The van der Waals surface area contributed by atoms with Crippen molar-refractivity contribution in [2.45, 2.75) is 32.4 Å². The standard InChI is InChI=1S/C19H31N3O3/c1-19(2,3)25-18(23)20-17(14-22-12-10-21(4)11-13-22)15-6-8-16(24-5)9-7-15/h6-9,17H,10-14H2,1-5H3,(H,20,23). The lowest BCUT2D eigenvalue weighted by atomic mass is 10.1. The van der Waals surface area contributed by atoms with Gasteiger partial charge in [0.1, 0.15) is 11.4 Å². The summed E-state index contributed by atoms with van der Waals surface area (Å²) in [6, 6.07) is 7.71. The van der Waals surface area contributed by atoms with Crippen molar-refractivity contribution in [2.75, 3.05) is 46.9 Å². The Morgan fingerprint density at radius 1 is 1.16 bits per heavy atom. The number of methoxy groups -OCH3 is 1. The predicted molar refractivity (Wildman–Crippen MR) is 99.0 cm³/mol. The number of ether oxygens (including phenoxy) is 2. The van der Waals surface area contributed by atoms with Gasteiger partial charge in [-0.3, -0.25) is 4.90 Å². The third-order valence-electron chi connectivity index (χ3n) is 4.25. The second-order valence-corrected chi connectivity index (χ2v) is 7.58. The molecule has 1 heterocycles. The molecule has 1 fully saturated rings. The van der Waals surface area contributed by atoms with Crippen LogP contribution in [0.5, 0.6) is 5.75 Å². The lowest BCUT2D eigenvalue weighted by Crippen LogP contribution is -2.48. The zero-order valence-electron chi connectivity index (χ0n) is 16.0. The number of amides is 1. The smallest absolute Gasteiger partial charge is 0.408 e. The maximum absolute atomic E-state index is 12.3. The maximum atomic E-state index is 12.3. The number of nitrogens with zero attached hydrogens (tertiary/aromatic N) is 2. The van der Waals surface area contributed by atoms with E-state index < -0.39 is 5.60 Å². The number of carbonyl (C=O) groups is 1. The molecule has 1 saturated heterocycles. The van der Waals surface area contributed by atoms with Crippen LogP contribution in [0.15, 0.2) is 24.3 Å². The van der Waals surface area contributed by atoms with E-state index in [-0.39, 0.29) is 12.1 Å². The Morgan fingerprint density at radius 3 is 2.28 bits per heavy atom. The molecule has 1 unspecified atom stereocenters. The number of likely N-dealkylation sites (N-methyl/N-ethyl adjacent to an activating group) is 1. The van der Waals surface area contributed by atoms with Gasteiger partial charge in [-0.05, 0) is 45.5 Å². The highest BCUT2D eigenvalue weighted by Gasteiger charge is 2.24. The van der Waals surface area contributed by atoms with Gasteiger partial charge < -0.3 is 19.7 Å². The molecule has 1 N–H and O–H groups in total. The lowest BCUT2D eigenvalue weighted by molar-refractivity contribution is 0.0481. The molecular formula is C19H31N3O3. The number of rotatable bonds is 5. The maximum Gasteiger partial charge on any atom is 0.408 e. The number of alkyl carbamates (subject to hydrolysis) is 1. The van der Waals surface area contributed by atoms with Crippen molar-refractivity contribution in [3.05, 3.63) is 29.8 Å². The quantitative estimate of drug-likeness (QED) is 0.885. The molecule has 0 spiro atoms. The van der Waals surface area contributed by atoms with Gasteiger partial charge in [0.05, 0.1) is 13.2 Å². The van der Waals surface area contributed by atoms with Gasteiger partial charge in [0.2, 0.25) is 0 Å². The first-order valence-corrected chi connectivity index (χ1v) is 8.81. The summed E-state index contributed by atoms with van der Waals surface area (Å²) in [7, 11) is 3.78. The van der Waals surface area contributed by atoms with E-state index in [9.17, 15) is 4.79 Å². The van der Waals surface area contributed by atoms with Crippen LogP contribution < -0.4 is 10.1 Å². The first-order chi connectivity index (χ1) is 11.8. The van der Waals surface area contributed by atoms with Crippen molar-refractivity contribution in [1.82, 2.24) is 15.1 Å². The van der Waals surface area contributed by atoms with Gasteiger partial charge in [-0.2, -0.15) is 0 Å². The fourth-order valence-corrected chi connectivity index (χ4v) is 2.81. The number of benzene rings is 1. The largest absolute Gasteiger partial charge is 0.497 e. The topological polar surface area (TPSA) is 54.0 Å². The number of piperazine rings is 1. The third kappa shape index (κ3) is 6.55. The highest BCUT2D eigenvalue weighted by atomic mass is 16.6. The molecule has 6 heteroatoms. The van der Waals surface area contributed by atoms with Gasteiger partial charge in [0.15, 0.2) is 0 Å². The fourth-order valence-electron chi connectivity index (χ4n) is 2.81. The summed E-state index contributed by atoms with van der Waals surface area (Å²) in [4.78, 5) is 17.0. The van der Waals surface area contributed by atoms with Crippen molar-refractivity contribution in [1.29, 1.82) is 0 Å². The fraction of sp³-hybridized carbons (Fsp3) is 0.632. The molecule has 1 aliphatic heterocycles. The summed E-state index contributed by atoms with van der Waals surface area (Å²) < 4.78 is 10.7. The molecule has 0 bridgehead atoms. The Hall–Kier alpha value is -1.79. The molecule has 140 valence electrons. The predicted octanol–water partition coefficient (Wildman–Crippen LogP) is 2.51. The Morgan fingerprint density at radius 2 is 1.76 bits per heavy atom. The monoisotopic (exact) mass is 349 g/mol. The minimum absolute atomic E-state index is 0.121. The number of nitrogens with one attached hydrogen (secondary N) is 1. The number of carbonyl (C=O) groups excluding carboxylic acids is 1. The van der Waals surface area contributed by atoms with E-state index in [2.05, 4.69) is 22.2 Å². The lowest BCUT2D eigenvalue weighted by Gasteiger charge is -2.35. The second kappa shape index (κ2) is 8.54. The van der Waals surface area contributed by atoms with Crippen LogP contribution in [0.4, 0.5) is 4.79 Å². The Kier molecular flexibility index (Phi) is 6.67. The van der Waals surface area contributed by atoms with Gasteiger partial charge in [-0.25, -0.2) is 4.79 Å². The van der Waals surface area contributed by atoms with E-state index in [1.807, 2.05) is 45.0 Å². The first-order valence-electron chi connectivity index (χ1n) is 8.81. The van der Waals surface area contributed by atoms with Gasteiger partial charge in [0, 0.05) is 32.7 Å². The van der Waals surface area contributed by atoms with Crippen molar-refractivity contribution in [3.8, 4) is 5.75 Å². The minimum Gasteiger partial charge on any atom is -0.497 e. The normalized spacial score (nSPS) is 17.8. The molecule has 1 aliphatic rings. The highest BCUT2D eigenvalue weighted by Crippen LogP contribution is 2.20. The zero-order chi connectivity index (χ0) is 18.4. The van der Waals surface area contributed by atoms with E-state index in [4.69, 9.17) is 9.47 Å². The van der Waals surface area contributed by atoms with Crippen molar-refractivity contribution in [3.63, 3.8) is 0 Å². The van der Waals surface area contributed by atoms with Crippen molar-refractivity contribution < 1.29 is 14.3 Å². The van der Waals surface area contributed by atoms with E-state index >= 15 is 0 Å². The molecular weight excluding hydrogens is 318 g/mol. The Balaban J connectivity index is 2.08. The third-order valence-corrected chi connectivity index (χ3v) is 4.25. The molecule has 0 radical (unpaired) electrons. The molecule has 0 aromatic heterocycles. The van der Waals surface area contributed by atoms with Crippen LogP contribution in [0, 0.1) is 0 Å². The van der Waals surface area contributed by atoms with Crippen LogP contribution >= 0.6 is 0 Å².